The number of hydrogen-bond acceptors (Lipinski definition) is 7. The smallest absolute Gasteiger partial charge is 0.421 e. The molecule has 8 nitrogen and oxygen atoms in total. The first kappa shape index (κ1) is 40.1. The van der Waals surface area contributed by atoms with Gasteiger partial charge in [0.15, 0.2) is 20.0 Å². The molecule has 0 N–H and O–H groups in total. The van der Waals surface area contributed by atoms with Gasteiger partial charge in [0.2, 0.25) is 0 Å². The van der Waals surface area contributed by atoms with Crippen molar-refractivity contribution in [3.63, 3.8) is 0 Å². The molecular formula is C20H42F6NO7PS2Si. The van der Waals surface area contributed by atoms with Gasteiger partial charge in [-0.15, -0.1) is 0 Å². The summed E-state index contributed by atoms with van der Waals surface area (Å²) in [6.07, 6.45) is 15.3. The second kappa shape index (κ2) is 17.7. The molecule has 0 rings (SSSR count). The largest absolute Gasteiger partial charge is 0.500 e. The third-order valence-electron chi connectivity index (χ3n) is 5.79. The molecular weight excluding hydrogens is 603 g/mol. The van der Waals surface area contributed by atoms with Gasteiger partial charge in [0.1, 0.15) is 0 Å². The molecule has 0 aromatic carbocycles. The summed E-state index contributed by atoms with van der Waals surface area (Å²) in [5, 5.41) is 0. The number of rotatable bonds is 18. The van der Waals surface area contributed by atoms with Crippen molar-refractivity contribution in [1.82, 2.24) is 0 Å². The monoisotopic (exact) mass is 645 g/mol. The standard InChI is InChI=1S/C18H42O3PSi.C2F6NO4S2/c1-7-10-14-22(15-11-8-2,16-12-9-3)17-13-18-23(19-4,20-5)21-6;3-1(4,5)14(10,11)9-15(12,13)2(6,7)8/h7-18H2,1-6H3;/q+1;-1. The van der Waals surface area contributed by atoms with E-state index in [-0.39, 0.29) is 0 Å². The van der Waals surface area contributed by atoms with Crippen LogP contribution in [0.1, 0.15) is 65.7 Å². The Kier molecular flexibility index (Phi) is 18.7. The minimum absolute atomic E-state index is 0.778. The maximum atomic E-state index is 11.4. The van der Waals surface area contributed by atoms with E-state index in [0.717, 1.165) is 10.2 Å². The molecule has 18 heteroatoms. The van der Waals surface area contributed by atoms with Crippen LogP contribution in [0.25, 0.3) is 4.13 Å². The molecule has 0 heterocycles. The molecule has 0 aliphatic carbocycles. The van der Waals surface area contributed by atoms with Crippen molar-refractivity contribution in [1.29, 1.82) is 0 Å². The van der Waals surface area contributed by atoms with E-state index in [1.165, 1.54) is 69.6 Å². The number of alkyl halides is 6. The van der Waals surface area contributed by atoms with Crippen molar-refractivity contribution >= 4 is 36.1 Å². The summed E-state index contributed by atoms with van der Waals surface area (Å²) in [5.74, 6) is 0. The number of nitrogens with zero attached hydrogens (tertiary/aromatic N) is 1. The van der Waals surface area contributed by atoms with E-state index >= 15 is 0 Å². The Hall–Kier alpha value is -0.0331. The van der Waals surface area contributed by atoms with Crippen LogP contribution >= 0.6 is 7.26 Å². The highest BCUT2D eigenvalue weighted by Crippen LogP contribution is 2.61. The molecule has 0 aromatic rings. The minimum Gasteiger partial charge on any atom is -0.421 e. The van der Waals surface area contributed by atoms with Crippen LogP contribution < -0.4 is 0 Å². The van der Waals surface area contributed by atoms with Gasteiger partial charge in [0.25, 0.3) is 0 Å². The Bertz CT molecular complexity index is 783. The molecule has 0 unspecified atom stereocenters. The van der Waals surface area contributed by atoms with Crippen molar-refractivity contribution < 1.29 is 56.5 Å². The van der Waals surface area contributed by atoms with Crippen LogP contribution in [0.3, 0.4) is 0 Å². The molecule has 38 heavy (non-hydrogen) atoms. The molecule has 0 saturated carbocycles. The highest BCUT2D eigenvalue weighted by molar-refractivity contribution is 8.13. The second-order valence-corrected chi connectivity index (χ2v) is 19.6. The first-order valence-corrected chi connectivity index (χ1v) is 19.5. The third kappa shape index (κ3) is 14.0. The van der Waals surface area contributed by atoms with Gasteiger partial charge in [-0.1, -0.05) is 40.0 Å². The predicted molar refractivity (Wildman–Crippen MR) is 141 cm³/mol. The quantitative estimate of drug-likeness (QED) is 0.0924. The van der Waals surface area contributed by atoms with Crippen molar-refractivity contribution in [3.8, 4) is 0 Å². The van der Waals surface area contributed by atoms with Crippen LogP contribution in [0.15, 0.2) is 0 Å². The van der Waals surface area contributed by atoms with Gasteiger partial charge < -0.3 is 17.4 Å². The molecule has 0 saturated heterocycles. The van der Waals surface area contributed by atoms with Crippen molar-refractivity contribution in [2.24, 2.45) is 0 Å². The average Bonchev–Trinajstić information content (AvgIpc) is 2.81. The van der Waals surface area contributed by atoms with E-state index in [9.17, 15) is 43.2 Å². The summed E-state index contributed by atoms with van der Waals surface area (Å²) in [6, 6.07) is 0.961. The minimum atomic E-state index is -6.72. The third-order valence-corrected chi connectivity index (χ3v) is 16.4. The molecule has 0 aliphatic rings. The van der Waals surface area contributed by atoms with E-state index in [4.69, 9.17) is 13.3 Å². The summed E-state index contributed by atoms with van der Waals surface area (Å²) in [6.45, 7) is 6.98. The molecule has 0 atom stereocenters. The zero-order valence-electron chi connectivity index (χ0n) is 22.8. The fourth-order valence-electron chi connectivity index (χ4n) is 3.55. The van der Waals surface area contributed by atoms with E-state index in [0.29, 0.717) is 0 Å². The Morgan fingerprint density at radius 2 is 0.921 bits per heavy atom. The van der Waals surface area contributed by atoms with Gasteiger partial charge >= 0.3 is 19.8 Å². The van der Waals surface area contributed by atoms with Crippen molar-refractivity contribution in [3.05, 3.63) is 4.13 Å². The van der Waals surface area contributed by atoms with Crippen LogP contribution in [0, 0.1) is 0 Å². The zero-order chi connectivity index (χ0) is 30.3. The van der Waals surface area contributed by atoms with Gasteiger partial charge in [0, 0.05) is 34.6 Å². The maximum Gasteiger partial charge on any atom is 0.500 e. The number of sulfonamides is 2. The van der Waals surface area contributed by atoms with Gasteiger partial charge in [-0.3, -0.25) is 0 Å². The lowest BCUT2D eigenvalue weighted by molar-refractivity contribution is -0.0444. The van der Waals surface area contributed by atoms with Crippen LogP contribution in [-0.2, 0) is 33.3 Å². The van der Waals surface area contributed by atoms with Crippen LogP contribution in [0.4, 0.5) is 26.3 Å². The van der Waals surface area contributed by atoms with E-state index in [1.54, 1.807) is 21.3 Å². The van der Waals surface area contributed by atoms with Crippen molar-refractivity contribution in [2.45, 2.75) is 82.8 Å². The first-order chi connectivity index (χ1) is 17.3. The normalized spacial score (nSPS) is 13.8. The fraction of sp³-hybridized carbons (Fsp3) is 1.00. The summed E-state index contributed by atoms with van der Waals surface area (Å²) < 4.78 is 126. The molecule has 0 bridgehead atoms. The van der Waals surface area contributed by atoms with Gasteiger partial charge in [-0.05, 0) is 25.7 Å². The molecule has 0 amide bonds. The van der Waals surface area contributed by atoms with Crippen LogP contribution in [-0.4, -0.2) is 82.6 Å². The van der Waals surface area contributed by atoms with Gasteiger partial charge in [-0.25, -0.2) is 16.8 Å². The maximum absolute atomic E-state index is 11.4. The summed E-state index contributed by atoms with van der Waals surface area (Å²) in [4.78, 5) is 0. The molecule has 232 valence electrons. The Morgan fingerprint density at radius 3 is 1.16 bits per heavy atom. The number of hydrogen-bond donors (Lipinski definition) is 0. The Morgan fingerprint density at radius 1 is 0.632 bits per heavy atom. The molecule has 0 aromatic heterocycles. The predicted octanol–water partition coefficient (Wildman–Crippen LogP) is 6.73. The van der Waals surface area contributed by atoms with Gasteiger partial charge in [-0.2, -0.15) is 26.3 Å². The highest BCUT2D eigenvalue weighted by Gasteiger charge is 2.47. The zero-order valence-corrected chi connectivity index (χ0v) is 26.3. The molecule has 0 spiro atoms. The summed E-state index contributed by atoms with van der Waals surface area (Å²) in [7, 11) is -11.5. The SMILES string of the molecule is CCCC[P+](CCCC)(CCCC)CCC[Si](OC)(OC)OC.O=S(=O)([N-]S(=O)(=O)C(F)(F)F)C(F)(F)F. The summed E-state index contributed by atoms with van der Waals surface area (Å²) >= 11 is 0. The topological polar surface area (TPSA) is 110 Å². The molecule has 0 fully saturated rings. The van der Waals surface area contributed by atoms with E-state index < -0.39 is 47.1 Å². The molecule has 0 radical (unpaired) electrons. The number of halogens is 6. The van der Waals surface area contributed by atoms with Crippen LogP contribution in [0.5, 0.6) is 0 Å². The lowest BCUT2D eigenvalue weighted by atomic mass is 10.4. The lowest BCUT2D eigenvalue weighted by Gasteiger charge is -2.30. The first-order valence-electron chi connectivity index (χ1n) is 12.2. The van der Waals surface area contributed by atoms with Crippen LogP contribution in [0.2, 0.25) is 6.04 Å². The van der Waals surface area contributed by atoms with Crippen molar-refractivity contribution in [2.75, 3.05) is 46.0 Å². The Labute approximate surface area is 225 Å². The van der Waals surface area contributed by atoms with E-state index in [1.807, 2.05) is 0 Å². The molecule has 0 aliphatic heterocycles. The highest BCUT2D eigenvalue weighted by atomic mass is 32.3. The fourth-order valence-corrected chi connectivity index (χ4v) is 12.4. The number of unbranched alkanes of at least 4 members (excludes halogenated alkanes) is 3. The van der Waals surface area contributed by atoms with Gasteiger partial charge in [0.05, 0.1) is 24.6 Å². The Balaban J connectivity index is 0. The van der Waals surface area contributed by atoms with E-state index in [2.05, 4.69) is 20.8 Å². The lowest BCUT2D eigenvalue weighted by Crippen LogP contribution is -2.42. The average molecular weight is 646 g/mol. The second-order valence-electron chi connectivity index (χ2n) is 8.61. The summed E-state index contributed by atoms with van der Waals surface area (Å²) in [5.41, 5.74) is -12.4.